The van der Waals surface area contributed by atoms with E-state index in [4.69, 9.17) is 4.74 Å². The fourth-order valence-corrected chi connectivity index (χ4v) is 3.56. The van der Waals surface area contributed by atoms with Crippen LogP contribution in [-0.2, 0) is 4.74 Å². The van der Waals surface area contributed by atoms with Crippen molar-refractivity contribution in [3.63, 3.8) is 0 Å². The van der Waals surface area contributed by atoms with Gasteiger partial charge >= 0.3 is 0 Å². The summed E-state index contributed by atoms with van der Waals surface area (Å²) in [5.41, 5.74) is 1.79. The maximum Gasteiger partial charge on any atom is 0.126 e. The van der Waals surface area contributed by atoms with E-state index < -0.39 is 0 Å². The van der Waals surface area contributed by atoms with Crippen molar-refractivity contribution in [2.24, 2.45) is 0 Å². The van der Waals surface area contributed by atoms with E-state index in [-0.39, 0.29) is 11.9 Å². The third-order valence-corrected chi connectivity index (χ3v) is 5.25. The van der Waals surface area contributed by atoms with Gasteiger partial charge in [-0.1, -0.05) is 12.1 Å². The molecular formula is C19H30FN3O. The Hall–Kier alpha value is -1.01. The van der Waals surface area contributed by atoms with Gasteiger partial charge in [0.1, 0.15) is 5.82 Å². The van der Waals surface area contributed by atoms with Crippen LogP contribution in [0.15, 0.2) is 18.2 Å². The van der Waals surface area contributed by atoms with Gasteiger partial charge in [-0.05, 0) is 50.7 Å². The zero-order valence-corrected chi connectivity index (χ0v) is 15.0. The Labute approximate surface area is 145 Å². The summed E-state index contributed by atoms with van der Waals surface area (Å²) < 4.78 is 19.4. The predicted octanol–water partition coefficient (Wildman–Crippen LogP) is 2.14. The lowest BCUT2D eigenvalue weighted by molar-refractivity contribution is -0.0310. The molecule has 24 heavy (non-hydrogen) atoms. The van der Waals surface area contributed by atoms with Crippen LogP contribution >= 0.6 is 0 Å². The fraction of sp³-hybridized carbons (Fsp3) is 0.684. The van der Waals surface area contributed by atoms with E-state index in [1.807, 2.05) is 19.1 Å². The van der Waals surface area contributed by atoms with E-state index in [1.54, 1.807) is 6.07 Å². The standard InChI is InChI=1S/C19H30FN3O/c1-16-14-17(4-5-18(16)20)19-15-23(12-13-24-19)7-3-6-22-10-8-21(2)9-11-22/h4-5,14,19H,3,6-13,15H2,1-2H3. The molecule has 2 aliphatic heterocycles. The molecule has 2 saturated heterocycles. The molecule has 2 heterocycles. The zero-order valence-electron chi connectivity index (χ0n) is 15.0. The molecule has 1 atom stereocenters. The van der Waals surface area contributed by atoms with Crippen molar-refractivity contribution in [1.29, 1.82) is 0 Å². The molecule has 1 aromatic rings. The SMILES string of the molecule is Cc1cc(C2CN(CCCN3CCN(C)CC3)CCO2)ccc1F. The van der Waals surface area contributed by atoms with E-state index in [1.165, 1.54) is 39.1 Å². The molecule has 1 unspecified atom stereocenters. The Bertz CT molecular complexity index is 531. The number of aryl methyl sites for hydroxylation is 1. The van der Waals surface area contributed by atoms with Crippen LogP contribution in [0.3, 0.4) is 0 Å². The first-order valence-electron chi connectivity index (χ1n) is 9.13. The minimum absolute atomic E-state index is 0.0710. The molecule has 0 aliphatic carbocycles. The second-order valence-electron chi connectivity index (χ2n) is 7.17. The summed E-state index contributed by atoms with van der Waals surface area (Å²) in [7, 11) is 2.20. The van der Waals surface area contributed by atoms with Gasteiger partial charge in [0.2, 0.25) is 0 Å². The molecule has 4 nitrogen and oxygen atoms in total. The van der Waals surface area contributed by atoms with Gasteiger partial charge in [0.05, 0.1) is 12.7 Å². The topological polar surface area (TPSA) is 19.0 Å². The maximum atomic E-state index is 13.5. The molecule has 2 fully saturated rings. The van der Waals surface area contributed by atoms with Gasteiger partial charge in [0.15, 0.2) is 0 Å². The highest BCUT2D eigenvalue weighted by Gasteiger charge is 2.22. The number of halogens is 1. The highest BCUT2D eigenvalue weighted by molar-refractivity contribution is 5.26. The minimum Gasteiger partial charge on any atom is -0.371 e. The lowest BCUT2D eigenvalue weighted by atomic mass is 10.0. The average Bonchev–Trinajstić information content (AvgIpc) is 2.59. The van der Waals surface area contributed by atoms with Crippen molar-refractivity contribution < 1.29 is 9.13 Å². The summed E-state index contributed by atoms with van der Waals surface area (Å²) in [4.78, 5) is 7.46. The van der Waals surface area contributed by atoms with Crippen LogP contribution < -0.4 is 0 Å². The first-order valence-corrected chi connectivity index (χ1v) is 9.13. The average molecular weight is 335 g/mol. The number of likely N-dealkylation sites (N-methyl/N-ethyl adjacent to an activating group) is 1. The quantitative estimate of drug-likeness (QED) is 0.821. The largest absolute Gasteiger partial charge is 0.371 e. The Balaban J connectivity index is 1.44. The summed E-state index contributed by atoms with van der Waals surface area (Å²) in [6, 6.07) is 5.34. The van der Waals surface area contributed by atoms with E-state index in [0.717, 1.165) is 31.8 Å². The molecule has 134 valence electrons. The number of benzene rings is 1. The summed E-state index contributed by atoms with van der Waals surface area (Å²) >= 11 is 0. The smallest absolute Gasteiger partial charge is 0.126 e. The van der Waals surface area contributed by atoms with Crippen LogP contribution in [0, 0.1) is 12.7 Å². The number of rotatable bonds is 5. The van der Waals surface area contributed by atoms with Gasteiger partial charge in [-0.15, -0.1) is 0 Å². The Morgan fingerprint density at radius 1 is 1.08 bits per heavy atom. The monoisotopic (exact) mass is 335 g/mol. The van der Waals surface area contributed by atoms with Crippen molar-refractivity contribution >= 4 is 0 Å². The lowest BCUT2D eigenvalue weighted by Gasteiger charge is -2.35. The van der Waals surface area contributed by atoms with Gasteiger partial charge < -0.3 is 14.5 Å². The molecule has 0 amide bonds. The second-order valence-corrected chi connectivity index (χ2v) is 7.17. The van der Waals surface area contributed by atoms with E-state index >= 15 is 0 Å². The third kappa shape index (κ3) is 4.76. The van der Waals surface area contributed by atoms with Gasteiger partial charge in [-0.25, -0.2) is 4.39 Å². The van der Waals surface area contributed by atoms with Crippen molar-refractivity contribution in [3.8, 4) is 0 Å². The number of hydrogen-bond acceptors (Lipinski definition) is 4. The van der Waals surface area contributed by atoms with Gasteiger partial charge in [0, 0.05) is 39.3 Å². The van der Waals surface area contributed by atoms with Crippen LogP contribution in [0.25, 0.3) is 0 Å². The summed E-state index contributed by atoms with van der Waals surface area (Å²) in [6.07, 6.45) is 1.28. The molecule has 1 aromatic carbocycles. The van der Waals surface area contributed by atoms with Crippen LogP contribution in [0.5, 0.6) is 0 Å². The molecule has 0 bridgehead atoms. The first kappa shape index (κ1) is 17.8. The van der Waals surface area contributed by atoms with Crippen LogP contribution in [0.2, 0.25) is 0 Å². The van der Waals surface area contributed by atoms with E-state index in [0.29, 0.717) is 5.56 Å². The van der Waals surface area contributed by atoms with Gasteiger partial charge in [0.25, 0.3) is 0 Å². The van der Waals surface area contributed by atoms with Crippen LogP contribution in [0.4, 0.5) is 4.39 Å². The van der Waals surface area contributed by atoms with Gasteiger partial charge in [-0.2, -0.15) is 0 Å². The number of piperazine rings is 1. The number of nitrogens with zero attached hydrogens (tertiary/aromatic N) is 3. The Morgan fingerprint density at radius 2 is 1.83 bits per heavy atom. The number of ether oxygens (including phenoxy) is 1. The lowest BCUT2D eigenvalue weighted by Crippen LogP contribution is -2.45. The molecule has 0 spiro atoms. The van der Waals surface area contributed by atoms with Crippen molar-refractivity contribution in [3.05, 3.63) is 35.1 Å². The summed E-state index contributed by atoms with van der Waals surface area (Å²) in [5, 5.41) is 0. The molecule has 5 heteroatoms. The second kappa shape index (κ2) is 8.39. The highest BCUT2D eigenvalue weighted by Crippen LogP contribution is 2.24. The molecule has 0 aromatic heterocycles. The Kier molecular flexibility index (Phi) is 6.22. The highest BCUT2D eigenvalue weighted by atomic mass is 19.1. The van der Waals surface area contributed by atoms with Crippen molar-refractivity contribution in [2.75, 3.05) is 66.0 Å². The molecule has 3 rings (SSSR count). The zero-order chi connectivity index (χ0) is 16.9. The van der Waals surface area contributed by atoms with Crippen LogP contribution in [0.1, 0.15) is 23.7 Å². The summed E-state index contributed by atoms with van der Waals surface area (Å²) in [5.74, 6) is -0.140. The van der Waals surface area contributed by atoms with Crippen molar-refractivity contribution in [1.82, 2.24) is 14.7 Å². The fourth-order valence-electron chi connectivity index (χ4n) is 3.56. The van der Waals surface area contributed by atoms with E-state index in [2.05, 4.69) is 21.7 Å². The summed E-state index contributed by atoms with van der Waals surface area (Å²) in [6.45, 7) is 11.5. The molecule has 0 radical (unpaired) electrons. The third-order valence-electron chi connectivity index (χ3n) is 5.25. The predicted molar refractivity (Wildman–Crippen MR) is 94.8 cm³/mol. The normalized spacial score (nSPS) is 24.4. The van der Waals surface area contributed by atoms with Crippen LogP contribution in [-0.4, -0.2) is 80.7 Å². The van der Waals surface area contributed by atoms with Gasteiger partial charge in [-0.3, -0.25) is 4.90 Å². The first-order chi connectivity index (χ1) is 11.6. The number of morpholine rings is 1. The molecule has 2 aliphatic rings. The minimum atomic E-state index is -0.140. The Morgan fingerprint density at radius 3 is 2.58 bits per heavy atom. The van der Waals surface area contributed by atoms with Crippen molar-refractivity contribution in [2.45, 2.75) is 19.4 Å². The maximum absolute atomic E-state index is 13.5. The number of hydrogen-bond donors (Lipinski definition) is 0. The molecular weight excluding hydrogens is 305 g/mol. The molecule has 0 saturated carbocycles. The van der Waals surface area contributed by atoms with E-state index in [9.17, 15) is 4.39 Å². The molecule has 0 N–H and O–H groups in total.